The number of fused-ring (bicyclic) bond motifs is 1. The number of carbonyl (C=O) groups excluding carboxylic acids is 1. The van der Waals surface area contributed by atoms with Gasteiger partial charge in [-0.05, 0) is 53.9 Å². The predicted molar refractivity (Wildman–Crippen MR) is 166 cm³/mol. The number of amides is 1. The number of likely N-dealkylation sites (N-methyl/N-ethyl adjacent to an activating group) is 1. The molecule has 5 rings (SSSR count). The third kappa shape index (κ3) is 6.64. The minimum absolute atomic E-state index is 0.0720. The van der Waals surface area contributed by atoms with Crippen LogP contribution in [0.1, 0.15) is 36.8 Å². The highest BCUT2D eigenvalue weighted by molar-refractivity contribution is 7.92. The molecule has 1 aliphatic rings. The zero-order valence-corrected chi connectivity index (χ0v) is 25.0. The van der Waals surface area contributed by atoms with Crippen LogP contribution in [0.2, 0.25) is 0 Å². The highest BCUT2D eigenvalue weighted by atomic mass is 32.2. The van der Waals surface area contributed by atoms with Crippen LogP contribution in [0.15, 0.2) is 77.7 Å². The normalized spacial score (nSPS) is 15.2. The fourth-order valence-electron chi connectivity index (χ4n) is 5.17. The molecule has 9 heteroatoms. The second-order valence-electron chi connectivity index (χ2n) is 11.8. The van der Waals surface area contributed by atoms with Gasteiger partial charge in [0.25, 0.3) is 15.9 Å². The quantitative estimate of drug-likeness (QED) is 0.278. The summed E-state index contributed by atoms with van der Waals surface area (Å²) in [4.78, 5) is 21.6. The second-order valence-corrected chi connectivity index (χ2v) is 13.5. The molecule has 0 spiro atoms. The molecule has 0 atom stereocenters. The molecule has 0 bridgehead atoms. The van der Waals surface area contributed by atoms with E-state index in [2.05, 4.69) is 52.6 Å². The molecule has 1 aromatic heterocycles. The van der Waals surface area contributed by atoms with E-state index in [1.54, 1.807) is 24.3 Å². The first-order chi connectivity index (χ1) is 19.5. The van der Waals surface area contributed by atoms with Crippen molar-refractivity contribution in [2.45, 2.75) is 31.1 Å². The van der Waals surface area contributed by atoms with Crippen molar-refractivity contribution < 1.29 is 13.2 Å². The summed E-state index contributed by atoms with van der Waals surface area (Å²) in [5, 5.41) is 3.85. The van der Waals surface area contributed by atoms with Crippen LogP contribution in [0.5, 0.6) is 0 Å². The number of nitrogens with zero attached hydrogens (tertiary/aromatic N) is 2. The van der Waals surface area contributed by atoms with Crippen LogP contribution in [0, 0.1) is 0 Å². The van der Waals surface area contributed by atoms with Crippen LogP contribution in [0.25, 0.3) is 22.0 Å². The maximum Gasteiger partial charge on any atom is 0.268 e. The second kappa shape index (κ2) is 11.7. The van der Waals surface area contributed by atoms with E-state index in [1.165, 1.54) is 0 Å². The predicted octanol–water partition coefficient (Wildman–Crippen LogP) is 4.91. The molecule has 0 radical (unpaired) electrons. The standard InChI is InChI=1S/C32H39N5O3S/c1-32(2,3)24-10-13-26(14-11-24)41(39,40)35-25-12-15-28-27(22-25)29(23-8-6-5-7-9-23)30(34-28)31(38)33-16-17-37-20-18-36(4)19-21-37/h5-15,22,34-35H,16-21H2,1-4H3,(H,33,38). The zero-order valence-electron chi connectivity index (χ0n) is 24.2. The van der Waals surface area contributed by atoms with E-state index in [-0.39, 0.29) is 16.2 Å². The van der Waals surface area contributed by atoms with Gasteiger partial charge in [0, 0.05) is 61.4 Å². The van der Waals surface area contributed by atoms with Crippen LogP contribution < -0.4 is 10.0 Å². The van der Waals surface area contributed by atoms with Crippen LogP contribution in [0.3, 0.4) is 0 Å². The summed E-state index contributed by atoms with van der Waals surface area (Å²) in [7, 11) is -1.68. The minimum atomic E-state index is -3.80. The van der Waals surface area contributed by atoms with Crippen molar-refractivity contribution in [3.05, 3.63) is 84.1 Å². The van der Waals surface area contributed by atoms with Gasteiger partial charge in [-0.2, -0.15) is 0 Å². The molecule has 3 aromatic carbocycles. The number of carbonyl (C=O) groups is 1. The summed E-state index contributed by atoms with van der Waals surface area (Å²) in [5.74, 6) is -0.185. The number of rotatable bonds is 8. The Bertz CT molecular complexity index is 1620. The number of anilines is 1. The molecule has 216 valence electrons. The maximum atomic E-state index is 13.4. The smallest absolute Gasteiger partial charge is 0.268 e. The number of H-pyrrole nitrogens is 1. The van der Waals surface area contributed by atoms with Crippen molar-refractivity contribution >= 4 is 32.5 Å². The molecule has 0 unspecified atom stereocenters. The number of aromatic amines is 1. The summed E-state index contributed by atoms with van der Waals surface area (Å²) >= 11 is 0. The third-order valence-electron chi connectivity index (χ3n) is 7.68. The van der Waals surface area contributed by atoms with Gasteiger partial charge in [0.1, 0.15) is 5.69 Å². The maximum absolute atomic E-state index is 13.4. The average molecular weight is 574 g/mol. The molecular weight excluding hydrogens is 534 g/mol. The topological polar surface area (TPSA) is 97.5 Å². The van der Waals surface area contributed by atoms with Crippen molar-refractivity contribution in [2.75, 3.05) is 51.0 Å². The van der Waals surface area contributed by atoms with Crippen molar-refractivity contribution in [3.63, 3.8) is 0 Å². The summed E-state index contributed by atoms with van der Waals surface area (Å²) in [5.41, 5.74) is 4.25. The van der Waals surface area contributed by atoms with Gasteiger partial charge in [-0.3, -0.25) is 14.4 Å². The minimum Gasteiger partial charge on any atom is -0.350 e. The molecule has 8 nitrogen and oxygen atoms in total. The van der Waals surface area contributed by atoms with Crippen LogP contribution >= 0.6 is 0 Å². The number of hydrogen-bond donors (Lipinski definition) is 3. The lowest BCUT2D eigenvalue weighted by molar-refractivity contribution is 0.0937. The van der Waals surface area contributed by atoms with E-state index >= 15 is 0 Å². The fourth-order valence-corrected chi connectivity index (χ4v) is 6.22. The van der Waals surface area contributed by atoms with Gasteiger partial charge in [0.05, 0.1) is 4.90 Å². The first-order valence-electron chi connectivity index (χ1n) is 14.0. The van der Waals surface area contributed by atoms with Gasteiger partial charge >= 0.3 is 0 Å². The van der Waals surface area contributed by atoms with E-state index in [0.29, 0.717) is 17.9 Å². The van der Waals surface area contributed by atoms with Crippen LogP contribution in [-0.4, -0.2) is 75.4 Å². The lowest BCUT2D eigenvalue weighted by Crippen LogP contribution is -2.46. The Balaban J connectivity index is 1.41. The summed E-state index contributed by atoms with van der Waals surface area (Å²) in [6, 6.07) is 22.0. The number of nitrogens with one attached hydrogen (secondary N) is 3. The van der Waals surface area contributed by atoms with E-state index in [1.807, 2.05) is 48.5 Å². The fraction of sp³-hybridized carbons (Fsp3) is 0.344. The van der Waals surface area contributed by atoms with E-state index in [4.69, 9.17) is 0 Å². The SMILES string of the molecule is CN1CCN(CCNC(=O)c2[nH]c3ccc(NS(=O)(=O)c4ccc(C(C)(C)C)cc4)cc3c2-c2ccccc2)CC1. The average Bonchev–Trinajstić information content (AvgIpc) is 3.33. The van der Waals surface area contributed by atoms with Crippen molar-refractivity contribution in [3.8, 4) is 11.1 Å². The zero-order chi connectivity index (χ0) is 29.2. The Hall–Kier alpha value is -3.66. The number of benzene rings is 3. The van der Waals surface area contributed by atoms with E-state index < -0.39 is 10.0 Å². The molecule has 4 aromatic rings. The van der Waals surface area contributed by atoms with Gasteiger partial charge < -0.3 is 15.2 Å². The lowest BCUT2D eigenvalue weighted by Gasteiger charge is -2.32. The Labute approximate surface area is 242 Å². The summed E-state index contributed by atoms with van der Waals surface area (Å²) in [6.45, 7) is 11.7. The van der Waals surface area contributed by atoms with Gasteiger partial charge in [-0.1, -0.05) is 63.2 Å². The first-order valence-corrected chi connectivity index (χ1v) is 15.5. The Morgan fingerprint density at radius 3 is 2.27 bits per heavy atom. The highest BCUT2D eigenvalue weighted by Gasteiger charge is 2.22. The highest BCUT2D eigenvalue weighted by Crippen LogP contribution is 2.35. The Morgan fingerprint density at radius 2 is 1.61 bits per heavy atom. The first kappa shape index (κ1) is 28.9. The van der Waals surface area contributed by atoms with Crippen molar-refractivity contribution in [1.82, 2.24) is 20.1 Å². The molecular formula is C32H39N5O3S. The van der Waals surface area contributed by atoms with Crippen molar-refractivity contribution in [2.24, 2.45) is 0 Å². The van der Waals surface area contributed by atoms with Gasteiger partial charge in [0.2, 0.25) is 0 Å². The largest absolute Gasteiger partial charge is 0.350 e. The number of hydrogen-bond acceptors (Lipinski definition) is 5. The molecule has 1 saturated heterocycles. The monoisotopic (exact) mass is 573 g/mol. The molecule has 3 N–H and O–H groups in total. The number of aromatic nitrogens is 1. The molecule has 1 aliphatic heterocycles. The molecule has 2 heterocycles. The van der Waals surface area contributed by atoms with Gasteiger partial charge in [0.15, 0.2) is 0 Å². The molecule has 41 heavy (non-hydrogen) atoms. The Kier molecular flexibility index (Phi) is 8.22. The molecule has 1 fully saturated rings. The Morgan fingerprint density at radius 1 is 0.927 bits per heavy atom. The number of piperazine rings is 1. The third-order valence-corrected chi connectivity index (χ3v) is 9.08. The summed E-state index contributed by atoms with van der Waals surface area (Å²) < 4.78 is 29.2. The van der Waals surface area contributed by atoms with Crippen LogP contribution in [0.4, 0.5) is 5.69 Å². The van der Waals surface area contributed by atoms with Gasteiger partial charge in [-0.15, -0.1) is 0 Å². The van der Waals surface area contributed by atoms with E-state index in [9.17, 15) is 13.2 Å². The number of sulfonamides is 1. The van der Waals surface area contributed by atoms with Gasteiger partial charge in [-0.25, -0.2) is 8.42 Å². The molecule has 0 saturated carbocycles. The van der Waals surface area contributed by atoms with E-state index in [0.717, 1.165) is 60.3 Å². The van der Waals surface area contributed by atoms with Crippen LogP contribution in [-0.2, 0) is 15.4 Å². The molecule has 1 amide bonds. The summed E-state index contributed by atoms with van der Waals surface area (Å²) in [6.07, 6.45) is 0. The lowest BCUT2D eigenvalue weighted by atomic mass is 9.87. The molecule has 0 aliphatic carbocycles. The van der Waals surface area contributed by atoms with Crippen molar-refractivity contribution in [1.29, 1.82) is 0 Å².